The molecule has 522 valence electrons. The van der Waals surface area contributed by atoms with Gasteiger partial charge in [0.05, 0.1) is 27.7 Å². The van der Waals surface area contributed by atoms with Gasteiger partial charge in [0.25, 0.3) is 0 Å². The Morgan fingerprint density at radius 2 is 0.580 bits per heavy atom. The van der Waals surface area contributed by atoms with Crippen LogP contribution in [0.25, 0.3) is 124 Å². The van der Waals surface area contributed by atoms with Crippen LogP contribution in [0, 0.1) is 0 Å². The minimum Gasteiger partial charge on any atom is -0.453 e. The molecular weight excluding hydrogens is 1410 g/mol. The number of pyridine rings is 1. The van der Waals surface area contributed by atoms with Gasteiger partial charge in [-0.1, -0.05) is 315 Å². The van der Waals surface area contributed by atoms with Crippen LogP contribution in [0.5, 0.6) is 11.5 Å². The molecule has 2 spiro atoms. The van der Waals surface area contributed by atoms with Gasteiger partial charge in [-0.25, -0.2) is 29.9 Å². The average molecular weight is 1470 g/mol. The predicted octanol–water partition coefficient (Wildman–Crippen LogP) is 25.2. The Bertz CT molecular complexity index is 6820. The van der Waals surface area contributed by atoms with Crippen LogP contribution in [0.1, 0.15) is 44.5 Å². The third-order valence-electron chi connectivity index (χ3n) is 23.0. The summed E-state index contributed by atoms with van der Waals surface area (Å²) in [5, 5.41) is 1.09. The maximum Gasteiger partial charge on any atom is 0.164 e. The molecule has 0 fully saturated rings. The van der Waals surface area contributed by atoms with Crippen molar-refractivity contribution < 1.29 is 4.74 Å². The van der Waals surface area contributed by atoms with Gasteiger partial charge in [0.2, 0.25) is 0 Å². The number of fused-ring (bicyclic) bond motifs is 21. The number of hydrogen-bond donors (Lipinski definition) is 0. The average Bonchev–Trinajstić information content (AvgIpc) is 1.52. The quantitative estimate of drug-likeness (QED) is 0.138. The zero-order valence-electron chi connectivity index (χ0n) is 59.9. The van der Waals surface area contributed by atoms with Crippen molar-refractivity contribution in [1.82, 2.24) is 34.9 Å². The van der Waals surface area contributed by atoms with Crippen molar-refractivity contribution in [2.24, 2.45) is 0 Å². The largest absolute Gasteiger partial charge is 0.453 e. The van der Waals surface area contributed by atoms with Crippen LogP contribution in [-0.4, -0.2) is 34.9 Å². The molecule has 9 nitrogen and oxygen atoms in total. The lowest BCUT2D eigenvalue weighted by Crippen LogP contribution is -2.31. The molecule has 0 atom stereocenters. The van der Waals surface area contributed by atoms with E-state index in [1.54, 1.807) is 0 Å². The molecule has 18 aromatic rings. The monoisotopic (exact) mass is 1460 g/mol. The van der Waals surface area contributed by atoms with Gasteiger partial charge in [-0.15, -0.1) is 0 Å². The highest BCUT2D eigenvalue weighted by atomic mass is 32.2. The second-order valence-electron chi connectivity index (χ2n) is 28.9. The number of nitrogens with zero attached hydrogens (tertiary/aromatic N) is 8. The summed E-state index contributed by atoms with van der Waals surface area (Å²) < 4.78 is 6.47. The van der Waals surface area contributed by atoms with Gasteiger partial charge in [-0.3, -0.25) is 4.98 Å². The highest BCUT2D eigenvalue weighted by Crippen LogP contribution is 2.65. The number of aromatic nitrogens is 7. The molecule has 0 unspecified atom stereocenters. The van der Waals surface area contributed by atoms with Gasteiger partial charge in [-0.05, 0) is 150 Å². The molecule has 3 aliphatic heterocycles. The maximum atomic E-state index is 6.47. The molecule has 0 saturated carbocycles. The van der Waals surface area contributed by atoms with Crippen molar-refractivity contribution in [2.45, 2.75) is 30.4 Å². The van der Waals surface area contributed by atoms with Crippen molar-refractivity contribution in [3.8, 4) is 124 Å². The summed E-state index contributed by atoms with van der Waals surface area (Å²) in [6.07, 6.45) is 1.85. The van der Waals surface area contributed by atoms with Gasteiger partial charge >= 0.3 is 0 Å². The number of rotatable bonds is 9. The van der Waals surface area contributed by atoms with Crippen molar-refractivity contribution in [1.29, 1.82) is 0 Å². The SMILES string of the molecule is c1cc(-c2nc(-c3ccc(-c4ccc(-c5nc(-c6ccc(-c7cccc8cccnc78)cc6)nc(-c6ccc7c(c6)Sc6ccccc6C76c7ccccc7-c7ccccc76)n5)cc4)cc3)nc(-c3ccc4c(c3)Sc3ccccc3C43c4ccccc4-c4ccccc43)n2)cc(N2c3ccccc3Oc3ccccc32)c1. The predicted molar refractivity (Wildman–Crippen MR) is 450 cm³/mol. The Morgan fingerprint density at radius 3 is 1.04 bits per heavy atom. The first-order valence-electron chi connectivity index (χ1n) is 37.6. The van der Waals surface area contributed by atoms with Gasteiger partial charge in [0, 0.05) is 75.8 Å². The number of hydrogen-bond acceptors (Lipinski definition) is 11. The molecule has 3 aromatic heterocycles. The van der Waals surface area contributed by atoms with E-state index in [2.05, 4.69) is 320 Å². The topological polar surface area (TPSA) is 103 Å². The molecule has 11 heteroatoms. The summed E-state index contributed by atoms with van der Waals surface area (Å²) in [6, 6.07) is 128. The summed E-state index contributed by atoms with van der Waals surface area (Å²) in [7, 11) is 0. The third-order valence-corrected chi connectivity index (χ3v) is 25.3. The minimum absolute atomic E-state index is 0.512. The molecule has 0 bridgehead atoms. The van der Waals surface area contributed by atoms with Crippen LogP contribution < -0.4 is 9.64 Å². The molecule has 0 amide bonds. The summed E-state index contributed by atoms with van der Waals surface area (Å²) >= 11 is 3.62. The summed E-state index contributed by atoms with van der Waals surface area (Å²) in [6.45, 7) is 0. The van der Waals surface area contributed by atoms with Crippen LogP contribution >= 0.6 is 23.5 Å². The lowest BCUT2D eigenvalue weighted by molar-refractivity contribution is 0.477. The molecule has 15 aromatic carbocycles. The third kappa shape index (κ3) is 9.83. The smallest absolute Gasteiger partial charge is 0.164 e. The first-order chi connectivity index (χ1) is 55.5. The van der Waals surface area contributed by atoms with E-state index in [-0.39, 0.29) is 0 Å². The highest BCUT2D eigenvalue weighted by Gasteiger charge is 2.52. The van der Waals surface area contributed by atoms with Crippen LogP contribution in [0.4, 0.5) is 17.1 Å². The second kappa shape index (κ2) is 25.3. The molecule has 0 radical (unpaired) electrons. The fraction of sp³-hybridized carbons (Fsp3) is 0.0198. The van der Waals surface area contributed by atoms with E-state index in [1.165, 1.54) is 76.6 Å². The van der Waals surface area contributed by atoms with Gasteiger partial charge in [-0.2, -0.15) is 0 Å². The van der Waals surface area contributed by atoms with Gasteiger partial charge < -0.3 is 9.64 Å². The molecule has 112 heavy (non-hydrogen) atoms. The molecule has 5 aliphatic rings. The van der Waals surface area contributed by atoms with Crippen molar-refractivity contribution in [3.63, 3.8) is 0 Å². The summed E-state index contributed by atoms with van der Waals surface area (Å²) in [5.74, 6) is 4.96. The van der Waals surface area contributed by atoms with Crippen LogP contribution in [0.3, 0.4) is 0 Å². The first-order valence-corrected chi connectivity index (χ1v) is 39.3. The fourth-order valence-electron chi connectivity index (χ4n) is 18.1. The zero-order chi connectivity index (χ0) is 73.6. The fourth-order valence-corrected chi connectivity index (χ4v) is 20.5. The molecule has 0 saturated heterocycles. The van der Waals surface area contributed by atoms with Crippen LogP contribution in [0.15, 0.2) is 384 Å². The summed E-state index contributed by atoms with van der Waals surface area (Å²) in [5.41, 5.74) is 27.4. The molecule has 2 aliphatic carbocycles. The normalized spacial score (nSPS) is 13.7. The molecule has 6 heterocycles. The zero-order valence-corrected chi connectivity index (χ0v) is 61.6. The maximum absolute atomic E-state index is 6.47. The van der Waals surface area contributed by atoms with Crippen LogP contribution in [0.2, 0.25) is 0 Å². The molecule has 0 N–H and O–H groups in total. The highest BCUT2D eigenvalue weighted by molar-refractivity contribution is 7.99. The lowest BCUT2D eigenvalue weighted by atomic mass is 9.67. The van der Waals surface area contributed by atoms with Gasteiger partial charge in [0.1, 0.15) is 0 Å². The minimum atomic E-state index is -0.525. The number of benzene rings is 15. The van der Waals surface area contributed by atoms with E-state index >= 15 is 0 Å². The standard InChI is InChI=1S/C101H60N8OS2/c1-5-29-77-73(24-1)74-25-2-6-30-78(74)100(77)81-33-9-15-39-89(81)111-91-59-69(53-55-83(91)100)98-105-94(103-95(106-98)67-51-45-63(46-52-67)72-28-18-20-64-22-19-57-102-93(64)72)65-47-41-61(42-48-65)62-43-49-66(50-44-62)96-104-97(68-21-17-23-71(58-68)109-85-35-11-13-37-87(85)110-88-38-14-12-36-86(88)109)108-99(107-96)70-54-56-84-92(60-70)112-90-40-16-10-34-82(90)101(84)79-31-7-3-26-75(79)76-27-4-8-32-80(76)101/h1-60H. The van der Waals surface area contributed by atoms with E-state index in [1.807, 2.05) is 72.2 Å². The van der Waals surface area contributed by atoms with Gasteiger partial charge in [0.15, 0.2) is 46.4 Å². The summed E-state index contributed by atoms with van der Waals surface area (Å²) in [4.78, 5) is 44.2. The van der Waals surface area contributed by atoms with E-state index in [0.717, 1.165) is 105 Å². The van der Waals surface area contributed by atoms with Crippen LogP contribution in [-0.2, 0) is 10.8 Å². The van der Waals surface area contributed by atoms with E-state index in [9.17, 15) is 0 Å². The lowest BCUT2D eigenvalue weighted by Gasteiger charge is -2.39. The Balaban J connectivity index is 0.623. The van der Waals surface area contributed by atoms with Crippen molar-refractivity contribution in [3.05, 3.63) is 409 Å². The number of para-hydroxylation sites is 5. The van der Waals surface area contributed by atoms with Crippen molar-refractivity contribution >= 4 is 51.5 Å². The Kier molecular flexibility index (Phi) is 14.5. The molecular formula is C101H60N8OS2. The van der Waals surface area contributed by atoms with E-state index < -0.39 is 10.8 Å². The second-order valence-corrected chi connectivity index (χ2v) is 31.1. The van der Waals surface area contributed by atoms with E-state index in [4.69, 9.17) is 39.6 Å². The Morgan fingerprint density at radius 1 is 0.241 bits per heavy atom. The van der Waals surface area contributed by atoms with E-state index in [0.29, 0.717) is 34.9 Å². The Hall–Kier alpha value is -14.0. The van der Waals surface area contributed by atoms with Crippen molar-refractivity contribution in [2.75, 3.05) is 4.90 Å². The Labute approximate surface area is 654 Å². The molecule has 23 rings (SSSR count). The first kappa shape index (κ1) is 64.1. The number of anilines is 3. The number of ether oxygens (including phenoxy) is 1.